The van der Waals surface area contributed by atoms with Crippen molar-refractivity contribution in [1.29, 1.82) is 0 Å². The average molecular weight is 682 g/mol. The first-order chi connectivity index (χ1) is 24.7. The second-order valence-electron chi connectivity index (χ2n) is 11.7. The predicted molar refractivity (Wildman–Crippen MR) is 197 cm³/mol. The first-order valence-corrected chi connectivity index (χ1v) is 16.4. The maximum absolute atomic E-state index is 12.9. The van der Waals surface area contributed by atoms with E-state index in [1.165, 1.54) is 5.39 Å². The molecule has 6 rings (SSSR count). The largest absolute Gasteiger partial charge is 0.463 e. The quantitative estimate of drug-likeness (QED) is 0.0512. The van der Waals surface area contributed by atoms with Gasteiger partial charge in [-0.1, -0.05) is 61.7 Å². The number of hydrogen-bond donors (Lipinski definition) is 0. The molecule has 0 saturated carbocycles. The Morgan fingerprint density at radius 2 is 1.00 bits per heavy atom. The van der Waals surface area contributed by atoms with Crippen LogP contribution in [0.3, 0.4) is 0 Å². The number of rotatable bonds is 13. The van der Waals surface area contributed by atoms with E-state index in [9.17, 15) is 19.2 Å². The lowest BCUT2D eigenvalue weighted by Crippen LogP contribution is -2.15. The molecule has 0 amide bonds. The third-order valence-corrected chi connectivity index (χ3v) is 8.33. The van der Waals surface area contributed by atoms with Crippen molar-refractivity contribution >= 4 is 73.3 Å². The molecule has 0 aliphatic rings. The van der Waals surface area contributed by atoms with Crippen LogP contribution in [0.25, 0.3) is 32.3 Å². The van der Waals surface area contributed by atoms with Gasteiger partial charge in [0.05, 0.1) is 41.2 Å². The lowest BCUT2D eigenvalue weighted by Gasteiger charge is -2.28. The first-order valence-electron chi connectivity index (χ1n) is 16.4. The van der Waals surface area contributed by atoms with Crippen LogP contribution in [0.15, 0.2) is 127 Å². The Morgan fingerprint density at radius 1 is 0.549 bits per heavy atom. The zero-order valence-corrected chi connectivity index (χ0v) is 28.3. The van der Waals surface area contributed by atoms with Crippen molar-refractivity contribution in [2.75, 3.05) is 31.3 Å². The number of carbonyl (C=O) groups is 4. The number of anilines is 3. The Bertz CT molecular complexity index is 2200. The van der Waals surface area contributed by atoms with Gasteiger partial charge >= 0.3 is 23.9 Å². The third-order valence-electron chi connectivity index (χ3n) is 8.33. The standard InChI is InChI=1S/C42H35NO8/c1-5-48-39(44)26(3)24-50-41(46)30-15-19-33(20-16-30)43(34-21-17-31(18-22-34)42(47)51-25-27(4)40(45)49-6-2)36-23-32-11-7-9-28-13-14-29-10-8-12-35(36)38(29)37(28)32/h7-23H,3-6,24-25H2,1-2H3. The first kappa shape index (κ1) is 34.4. The second-order valence-corrected chi connectivity index (χ2v) is 11.7. The number of nitrogens with zero attached hydrogens (tertiary/aromatic N) is 1. The minimum Gasteiger partial charge on any atom is -0.463 e. The fourth-order valence-electron chi connectivity index (χ4n) is 5.90. The molecule has 0 saturated heterocycles. The number of ether oxygens (including phenoxy) is 4. The summed E-state index contributed by atoms with van der Waals surface area (Å²) in [4.78, 5) is 51.7. The zero-order chi connectivity index (χ0) is 36.1. The molecule has 0 radical (unpaired) electrons. The third kappa shape index (κ3) is 7.14. The van der Waals surface area contributed by atoms with Gasteiger partial charge in [-0.3, -0.25) is 0 Å². The molecule has 9 heteroatoms. The maximum Gasteiger partial charge on any atom is 0.338 e. The molecule has 0 N–H and O–H groups in total. The van der Waals surface area contributed by atoms with E-state index in [4.69, 9.17) is 18.9 Å². The smallest absolute Gasteiger partial charge is 0.338 e. The number of hydrogen-bond acceptors (Lipinski definition) is 9. The summed E-state index contributed by atoms with van der Waals surface area (Å²) in [6, 6.07) is 32.6. The molecule has 0 unspecified atom stereocenters. The average Bonchev–Trinajstić information content (AvgIpc) is 3.15. The lowest BCUT2D eigenvalue weighted by molar-refractivity contribution is -0.139. The number of esters is 4. The fraction of sp³-hybridized carbons (Fsp3) is 0.143. The Balaban J connectivity index is 1.36. The summed E-state index contributed by atoms with van der Waals surface area (Å²) in [5.74, 6) is -2.47. The Morgan fingerprint density at radius 3 is 1.49 bits per heavy atom. The van der Waals surface area contributed by atoms with Crippen molar-refractivity contribution in [1.82, 2.24) is 0 Å². The molecular formula is C42H35NO8. The van der Waals surface area contributed by atoms with Gasteiger partial charge in [-0.25, -0.2) is 19.2 Å². The fourth-order valence-corrected chi connectivity index (χ4v) is 5.90. The molecule has 6 aromatic carbocycles. The molecule has 6 aromatic rings. The second kappa shape index (κ2) is 15.0. The highest BCUT2D eigenvalue weighted by Crippen LogP contribution is 2.44. The van der Waals surface area contributed by atoms with Gasteiger partial charge < -0.3 is 23.8 Å². The Hall–Kier alpha value is -6.48. The normalized spacial score (nSPS) is 10.9. The van der Waals surface area contributed by atoms with Crippen LogP contribution in [-0.4, -0.2) is 50.3 Å². The molecule has 0 bridgehead atoms. The van der Waals surface area contributed by atoms with Crippen LogP contribution in [0.4, 0.5) is 17.1 Å². The van der Waals surface area contributed by atoms with Gasteiger partial charge in [-0.2, -0.15) is 0 Å². The van der Waals surface area contributed by atoms with Gasteiger partial charge in [0.15, 0.2) is 0 Å². The Kier molecular flexibility index (Phi) is 10.1. The molecule has 0 atom stereocenters. The highest BCUT2D eigenvalue weighted by molar-refractivity contribution is 6.26. The van der Waals surface area contributed by atoms with E-state index in [-0.39, 0.29) is 48.7 Å². The summed E-state index contributed by atoms with van der Waals surface area (Å²) < 4.78 is 20.5. The predicted octanol–water partition coefficient (Wildman–Crippen LogP) is 8.61. The SMILES string of the molecule is C=C(COC(=O)c1ccc(N(c2ccc(C(=O)OCC(=C)C(=O)OCC)cc2)c2cc3cccc4ccc5cccc2c5c43)cc1)C(=O)OCC. The van der Waals surface area contributed by atoms with Crippen LogP contribution in [-0.2, 0) is 28.5 Å². The van der Waals surface area contributed by atoms with Crippen LogP contribution in [0.5, 0.6) is 0 Å². The van der Waals surface area contributed by atoms with Crippen LogP contribution in [0, 0.1) is 0 Å². The summed E-state index contributed by atoms with van der Waals surface area (Å²) >= 11 is 0. The van der Waals surface area contributed by atoms with Crippen molar-refractivity contribution < 1.29 is 38.1 Å². The molecule has 0 aliphatic heterocycles. The van der Waals surface area contributed by atoms with Crippen LogP contribution in [0.1, 0.15) is 34.6 Å². The molecule has 0 aliphatic carbocycles. The van der Waals surface area contributed by atoms with E-state index in [0.717, 1.165) is 44.0 Å². The van der Waals surface area contributed by atoms with Crippen LogP contribution in [0.2, 0.25) is 0 Å². The van der Waals surface area contributed by atoms with Gasteiger partial charge in [0.2, 0.25) is 0 Å². The van der Waals surface area contributed by atoms with E-state index in [1.54, 1.807) is 38.1 Å². The van der Waals surface area contributed by atoms with E-state index in [1.807, 2.05) is 36.4 Å². The van der Waals surface area contributed by atoms with Gasteiger partial charge in [0, 0.05) is 16.8 Å². The highest BCUT2D eigenvalue weighted by atomic mass is 16.6. The van der Waals surface area contributed by atoms with E-state index < -0.39 is 23.9 Å². The van der Waals surface area contributed by atoms with Crippen molar-refractivity contribution in [2.24, 2.45) is 0 Å². The molecule has 9 nitrogen and oxygen atoms in total. The number of benzene rings is 6. The van der Waals surface area contributed by atoms with Crippen molar-refractivity contribution in [3.05, 3.63) is 139 Å². The van der Waals surface area contributed by atoms with Gasteiger partial charge in [0.1, 0.15) is 13.2 Å². The van der Waals surface area contributed by atoms with E-state index in [2.05, 4.69) is 60.5 Å². The maximum atomic E-state index is 12.9. The summed E-state index contributed by atoms with van der Waals surface area (Å²) in [6.45, 7) is 10.4. The summed E-state index contributed by atoms with van der Waals surface area (Å²) in [7, 11) is 0. The monoisotopic (exact) mass is 681 g/mol. The van der Waals surface area contributed by atoms with Gasteiger partial charge in [-0.05, 0) is 95.4 Å². The minimum atomic E-state index is -0.620. The molecular weight excluding hydrogens is 646 g/mol. The lowest BCUT2D eigenvalue weighted by atomic mass is 9.92. The minimum absolute atomic E-state index is 0.0398. The summed E-state index contributed by atoms with van der Waals surface area (Å²) in [5, 5.41) is 6.59. The van der Waals surface area contributed by atoms with Crippen molar-refractivity contribution in [2.45, 2.75) is 13.8 Å². The summed E-state index contributed by atoms with van der Waals surface area (Å²) in [5.41, 5.74) is 3.00. The van der Waals surface area contributed by atoms with Crippen molar-refractivity contribution in [3.8, 4) is 0 Å². The van der Waals surface area contributed by atoms with Crippen LogP contribution >= 0.6 is 0 Å². The van der Waals surface area contributed by atoms with Gasteiger partial charge in [0.25, 0.3) is 0 Å². The molecule has 0 heterocycles. The molecule has 0 spiro atoms. The van der Waals surface area contributed by atoms with E-state index >= 15 is 0 Å². The summed E-state index contributed by atoms with van der Waals surface area (Å²) in [6.07, 6.45) is 0. The molecule has 256 valence electrons. The highest BCUT2D eigenvalue weighted by Gasteiger charge is 2.21. The van der Waals surface area contributed by atoms with Crippen LogP contribution < -0.4 is 4.90 Å². The topological polar surface area (TPSA) is 108 Å². The Labute approximate surface area is 294 Å². The molecule has 0 aromatic heterocycles. The van der Waals surface area contributed by atoms with Crippen molar-refractivity contribution in [3.63, 3.8) is 0 Å². The van der Waals surface area contributed by atoms with E-state index in [0.29, 0.717) is 0 Å². The zero-order valence-electron chi connectivity index (χ0n) is 28.3. The van der Waals surface area contributed by atoms with Gasteiger partial charge in [-0.15, -0.1) is 0 Å². The number of carbonyl (C=O) groups excluding carboxylic acids is 4. The molecule has 0 fully saturated rings. The molecule has 51 heavy (non-hydrogen) atoms.